The Balaban J connectivity index is 1.46. The van der Waals surface area contributed by atoms with Crippen molar-refractivity contribution in [2.45, 2.75) is 44.9 Å². The number of nitrogens with one attached hydrogen (secondary N) is 1. The van der Waals surface area contributed by atoms with Crippen LogP contribution in [0, 0.1) is 5.41 Å². The summed E-state index contributed by atoms with van der Waals surface area (Å²) in [5.74, 6) is 0.361. The average molecular weight is 279 g/mol. The molecule has 1 aliphatic carbocycles. The van der Waals surface area contributed by atoms with Crippen molar-refractivity contribution in [1.82, 2.24) is 15.1 Å². The van der Waals surface area contributed by atoms with E-state index in [0.717, 1.165) is 45.7 Å². The molecule has 2 heterocycles. The van der Waals surface area contributed by atoms with E-state index in [4.69, 9.17) is 0 Å². The number of carbonyl (C=O) groups excluding carboxylic acids is 1. The fourth-order valence-electron chi connectivity index (χ4n) is 4.21. The van der Waals surface area contributed by atoms with Crippen molar-refractivity contribution in [3.8, 4) is 0 Å². The van der Waals surface area contributed by atoms with Crippen molar-refractivity contribution in [2.75, 3.05) is 45.8 Å². The van der Waals surface area contributed by atoms with Crippen LogP contribution in [0.4, 0.5) is 0 Å². The molecule has 0 unspecified atom stereocenters. The van der Waals surface area contributed by atoms with Crippen LogP contribution in [0.2, 0.25) is 0 Å². The van der Waals surface area contributed by atoms with Crippen LogP contribution in [0.1, 0.15) is 44.9 Å². The zero-order valence-corrected chi connectivity index (χ0v) is 12.7. The Morgan fingerprint density at radius 1 is 0.900 bits per heavy atom. The molecule has 3 rings (SSSR count). The monoisotopic (exact) mass is 279 g/mol. The summed E-state index contributed by atoms with van der Waals surface area (Å²) < 4.78 is 0. The molecule has 0 atom stereocenters. The fraction of sp³-hybridized carbons (Fsp3) is 0.938. The molecule has 0 aromatic heterocycles. The van der Waals surface area contributed by atoms with E-state index >= 15 is 0 Å². The maximum atomic E-state index is 12.4. The predicted molar refractivity (Wildman–Crippen MR) is 80.6 cm³/mol. The van der Waals surface area contributed by atoms with E-state index in [2.05, 4.69) is 15.1 Å². The molecule has 1 N–H and O–H groups in total. The molecule has 1 amide bonds. The van der Waals surface area contributed by atoms with Gasteiger partial charge in [-0.15, -0.1) is 0 Å². The summed E-state index contributed by atoms with van der Waals surface area (Å²) in [6.45, 7) is 6.85. The van der Waals surface area contributed by atoms with Crippen LogP contribution < -0.4 is 5.32 Å². The molecule has 0 bridgehead atoms. The number of nitrogens with zero attached hydrogens (tertiary/aromatic N) is 2. The van der Waals surface area contributed by atoms with Gasteiger partial charge >= 0.3 is 0 Å². The van der Waals surface area contributed by atoms with Gasteiger partial charge in [0, 0.05) is 26.2 Å². The average Bonchev–Trinajstić information content (AvgIpc) is 2.75. The van der Waals surface area contributed by atoms with Crippen LogP contribution in [-0.4, -0.2) is 61.5 Å². The van der Waals surface area contributed by atoms with Crippen LogP contribution in [0.15, 0.2) is 0 Å². The third kappa shape index (κ3) is 3.34. The molecule has 4 nitrogen and oxygen atoms in total. The quantitative estimate of drug-likeness (QED) is 0.831. The topological polar surface area (TPSA) is 35.6 Å². The summed E-state index contributed by atoms with van der Waals surface area (Å²) in [5.41, 5.74) is 0.614. The molecule has 114 valence electrons. The van der Waals surface area contributed by atoms with Gasteiger partial charge in [-0.05, 0) is 50.6 Å². The number of piperidine rings is 1. The third-order valence-electron chi connectivity index (χ3n) is 5.63. The first-order valence-electron chi connectivity index (χ1n) is 8.48. The maximum Gasteiger partial charge on any atom is 0.236 e. The summed E-state index contributed by atoms with van der Waals surface area (Å²) in [5, 5.41) is 3.40. The molecule has 3 fully saturated rings. The molecule has 0 aromatic rings. The van der Waals surface area contributed by atoms with Crippen LogP contribution in [-0.2, 0) is 4.79 Å². The van der Waals surface area contributed by atoms with Gasteiger partial charge in [0.15, 0.2) is 0 Å². The number of rotatable bonds is 2. The van der Waals surface area contributed by atoms with Crippen LogP contribution >= 0.6 is 0 Å². The molecule has 4 heteroatoms. The highest BCUT2D eigenvalue weighted by Gasteiger charge is 2.37. The minimum Gasteiger partial charge on any atom is -0.342 e. The number of hydrogen-bond acceptors (Lipinski definition) is 3. The Morgan fingerprint density at radius 3 is 2.40 bits per heavy atom. The minimum atomic E-state index is 0.361. The largest absolute Gasteiger partial charge is 0.342 e. The van der Waals surface area contributed by atoms with E-state index in [1.807, 2.05) is 0 Å². The van der Waals surface area contributed by atoms with Gasteiger partial charge in [0.25, 0.3) is 0 Å². The highest BCUT2D eigenvalue weighted by atomic mass is 16.2. The molecule has 0 aromatic carbocycles. The number of hydrogen-bond donors (Lipinski definition) is 1. The Hall–Kier alpha value is -0.610. The summed E-state index contributed by atoms with van der Waals surface area (Å²) in [6, 6.07) is 0. The lowest BCUT2D eigenvalue weighted by molar-refractivity contribution is -0.134. The van der Waals surface area contributed by atoms with Gasteiger partial charge in [-0.25, -0.2) is 0 Å². The number of likely N-dealkylation sites (tertiary alicyclic amines) is 1. The normalized spacial score (nSPS) is 27.7. The van der Waals surface area contributed by atoms with E-state index in [9.17, 15) is 4.79 Å². The summed E-state index contributed by atoms with van der Waals surface area (Å²) in [4.78, 5) is 16.9. The van der Waals surface area contributed by atoms with Gasteiger partial charge in [0.2, 0.25) is 5.91 Å². The van der Waals surface area contributed by atoms with Crippen LogP contribution in [0.25, 0.3) is 0 Å². The fourth-order valence-corrected chi connectivity index (χ4v) is 4.21. The lowest BCUT2D eigenvalue weighted by Crippen LogP contribution is -2.46. The molecule has 1 spiro atoms. The first-order valence-corrected chi connectivity index (χ1v) is 8.48. The second-order valence-electron chi connectivity index (χ2n) is 6.97. The second-order valence-corrected chi connectivity index (χ2v) is 6.97. The van der Waals surface area contributed by atoms with Crippen LogP contribution in [0.3, 0.4) is 0 Å². The number of amides is 1. The Kier molecular flexibility index (Phi) is 4.61. The van der Waals surface area contributed by atoms with Crippen molar-refractivity contribution >= 4 is 5.91 Å². The lowest BCUT2D eigenvalue weighted by Gasteiger charge is -2.40. The molecular weight excluding hydrogens is 250 g/mol. The van der Waals surface area contributed by atoms with Crippen molar-refractivity contribution in [3.05, 3.63) is 0 Å². The van der Waals surface area contributed by atoms with E-state index in [-0.39, 0.29) is 0 Å². The van der Waals surface area contributed by atoms with E-state index in [1.165, 1.54) is 38.5 Å². The van der Waals surface area contributed by atoms with Gasteiger partial charge in [0.05, 0.1) is 6.54 Å². The van der Waals surface area contributed by atoms with E-state index < -0.39 is 0 Å². The standard InChI is InChI=1S/C16H29N3O/c20-15(14-18-10-3-8-17-9-13-18)19-11-6-16(7-12-19)4-1-2-5-16/h17H,1-14H2. The second kappa shape index (κ2) is 6.44. The van der Waals surface area contributed by atoms with Crippen molar-refractivity contribution in [3.63, 3.8) is 0 Å². The SMILES string of the molecule is O=C(CN1CCCNCC1)N1CCC2(CCCC2)CC1. The molecule has 1 saturated carbocycles. The Morgan fingerprint density at radius 2 is 1.65 bits per heavy atom. The summed E-state index contributed by atoms with van der Waals surface area (Å²) in [6.07, 6.45) is 9.31. The van der Waals surface area contributed by atoms with Crippen molar-refractivity contribution in [1.29, 1.82) is 0 Å². The third-order valence-corrected chi connectivity index (χ3v) is 5.63. The van der Waals surface area contributed by atoms with Crippen molar-refractivity contribution in [2.24, 2.45) is 5.41 Å². The van der Waals surface area contributed by atoms with Gasteiger partial charge in [-0.3, -0.25) is 9.69 Å². The smallest absolute Gasteiger partial charge is 0.236 e. The maximum absolute atomic E-state index is 12.4. The van der Waals surface area contributed by atoms with Gasteiger partial charge in [0.1, 0.15) is 0 Å². The molecule has 2 saturated heterocycles. The Labute approximate surface area is 122 Å². The van der Waals surface area contributed by atoms with Gasteiger partial charge in [-0.1, -0.05) is 12.8 Å². The zero-order valence-electron chi connectivity index (χ0n) is 12.7. The minimum absolute atomic E-state index is 0.361. The predicted octanol–water partition coefficient (Wildman–Crippen LogP) is 1.46. The number of carbonyl (C=O) groups is 1. The first-order chi connectivity index (χ1) is 9.77. The molecular formula is C16H29N3O. The highest BCUT2D eigenvalue weighted by molar-refractivity contribution is 5.78. The summed E-state index contributed by atoms with van der Waals surface area (Å²) in [7, 11) is 0. The lowest BCUT2D eigenvalue weighted by atomic mass is 9.77. The van der Waals surface area contributed by atoms with E-state index in [1.54, 1.807) is 0 Å². The van der Waals surface area contributed by atoms with Gasteiger partial charge in [-0.2, -0.15) is 0 Å². The zero-order chi connectivity index (χ0) is 13.8. The first kappa shape index (κ1) is 14.3. The summed E-state index contributed by atoms with van der Waals surface area (Å²) >= 11 is 0. The molecule has 20 heavy (non-hydrogen) atoms. The molecule has 3 aliphatic rings. The highest BCUT2D eigenvalue weighted by Crippen LogP contribution is 2.46. The van der Waals surface area contributed by atoms with Crippen molar-refractivity contribution < 1.29 is 4.79 Å². The van der Waals surface area contributed by atoms with Gasteiger partial charge < -0.3 is 10.2 Å². The van der Waals surface area contributed by atoms with Crippen LogP contribution in [0.5, 0.6) is 0 Å². The Bertz CT molecular complexity index is 321. The van der Waals surface area contributed by atoms with E-state index in [0.29, 0.717) is 17.9 Å². The molecule has 2 aliphatic heterocycles. The molecule has 0 radical (unpaired) electrons.